The summed E-state index contributed by atoms with van der Waals surface area (Å²) in [5, 5.41) is -0.485. The maximum atomic E-state index is 10.3. The Balaban J connectivity index is 0.00000169. The minimum Gasteiger partial charge on any atom is -0.747 e. The Kier molecular flexibility index (Phi) is 6.11. The topological polar surface area (TPSA) is 83.2 Å². The fourth-order valence-electron chi connectivity index (χ4n) is 0.748. The second-order valence-corrected chi connectivity index (χ2v) is 5.14. The largest absolute Gasteiger partial charge is 1.00 e. The number of nitrogens with two attached hydrogens (primary N) is 1. The zero-order valence-corrected chi connectivity index (χ0v) is 11.3. The predicted octanol–water partition coefficient (Wildman–Crippen LogP) is -2.13. The van der Waals surface area contributed by atoms with Gasteiger partial charge >= 0.3 is 29.6 Å². The molecule has 0 saturated heterocycles. The first kappa shape index (κ1) is 14.3. The van der Waals surface area contributed by atoms with Crippen LogP contribution < -0.4 is 35.3 Å². The Morgan fingerprint density at radius 1 is 1.36 bits per heavy atom. The van der Waals surface area contributed by atoms with Gasteiger partial charge in [-0.05, 0) is 12.1 Å². The van der Waals surface area contributed by atoms with Gasteiger partial charge in [-0.3, -0.25) is 0 Å². The van der Waals surface area contributed by atoms with Gasteiger partial charge in [-0.15, -0.1) is 11.8 Å². The van der Waals surface area contributed by atoms with Crippen LogP contribution in [-0.2, 0) is 10.1 Å². The molecule has 0 aliphatic heterocycles. The third-order valence-corrected chi connectivity index (χ3v) is 3.59. The molecular formula is C7H8NNaO3S2. The fraction of sp³-hybridized carbons (Fsp3) is 0.143. The number of para-hydroxylation sites is 1. The summed E-state index contributed by atoms with van der Waals surface area (Å²) >= 11 is 0.929. The third-order valence-electron chi connectivity index (χ3n) is 1.28. The smallest absolute Gasteiger partial charge is 0.747 e. The zero-order chi connectivity index (χ0) is 9.90. The minimum atomic E-state index is -4.18. The van der Waals surface area contributed by atoms with Crippen molar-refractivity contribution < 1.29 is 42.5 Å². The number of thioether (sulfide) groups is 1. The maximum absolute atomic E-state index is 10.3. The van der Waals surface area contributed by atoms with Gasteiger partial charge in [0.15, 0.2) is 0 Å². The third kappa shape index (κ3) is 5.23. The standard InChI is InChI=1S/C7H9NO3S2.Na/c8-6-3-1-2-4-7(6)12-5-13(9,10)11;/h1-4H,5,8H2,(H,9,10,11);/q;+1/p-1. The summed E-state index contributed by atoms with van der Waals surface area (Å²) in [4.78, 5) is 0.613. The van der Waals surface area contributed by atoms with E-state index in [-0.39, 0.29) is 29.6 Å². The molecule has 72 valence electrons. The molecule has 0 unspecified atom stereocenters. The molecule has 0 heterocycles. The number of hydrogen-bond acceptors (Lipinski definition) is 5. The van der Waals surface area contributed by atoms with Gasteiger partial charge in [0.25, 0.3) is 0 Å². The number of hydrogen-bond donors (Lipinski definition) is 1. The van der Waals surface area contributed by atoms with E-state index < -0.39 is 15.2 Å². The van der Waals surface area contributed by atoms with Gasteiger partial charge in [0.1, 0.15) is 10.1 Å². The van der Waals surface area contributed by atoms with Crippen molar-refractivity contribution in [1.29, 1.82) is 0 Å². The van der Waals surface area contributed by atoms with Gasteiger partial charge in [0, 0.05) is 10.6 Å². The number of benzene rings is 1. The van der Waals surface area contributed by atoms with Crippen molar-refractivity contribution in [3.63, 3.8) is 0 Å². The predicted molar refractivity (Wildman–Crippen MR) is 51.3 cm³/mol. The molecule has 1 aromatic rings. The van der Waals surface area contributed by atoms with Crippen molar-refractivity contribution in [2.24, 2.45) is 0 Å². The summed E-state index contributed by atoms with van der Waals surface area (Å²) in [6, 6.07) is 6.80. The molecule has 0 aromatic heterocycles. The van der Waals surface area contributed by atoms with Crippen molar-refractivity contribution in [3.8, 4) is 0 Å². The maximum Gasteiger partial charge on any atom is 1.00 e. The van der Waals surface area contributed by atoms with Gasteiger partial charge in [0.05, 0.1) is 5.08 Å². The summed E-state index contributed by atoms with van der Waals surface area (Å²) in [6.07, 6.45) is 0. The molecule has 14 heavy (non-hydrogen) atoms. The summed E-state index contributed by atoms with van der Waals surface area (Å²) in [5.41, 5.74) is 6.01. The monoisotopic (exact) mass is 241 g/mol. The van der Waals surface area contributed by atoms with Crippen LogP contribution in [0.3, 0.4) is 0 Å². The van der Waals surface area contributed by atoms with Crippen LogP contribution in [0.2, 0.25) is 0 Å². The number of rotatable bonds is 3. The molecule has 0 fully saturated rings. The van der Waals surface area contributed by atoms with Crippen LogP contribution in [0.25, 0.3) is 0 Å². The molecule has 0 aliphatic rings. The minimum absolute atomic E-state index is 0. The van der Waals surface area contributed by atoms with E-state index in [0.717, 1.165) is 11.8 Å². The van der Waals surface area contributed by atoms with Gasteiger partial charge in [-0.2, -0.15) is 0 Å². The quantitative estimate of drug-likeness (QED) is 0.283. The average Bonchev–Trinajstić information content (AvgIpc) is 2.01. The van der Waals surface area contributed by atoms with Crippen molar-refractivity contribution in [2.75, 3.05) is 10.8 Å². The van der Waals surface area contributed by atoms with E-state index in [2.05, 4.69) is 0 Å². The molecule has 0 atom stereocenters. The molecule has 0 amide bonds. The van der Waals surface area contributed by atoms with Crippen molar-refractivity contribution in [3.05, 3.63) is 24.3 Å². The first-order valence-corrected chi connectivity index (χ1v) is 5.96. The molecule has 1 aromatic carbocycles. The zero-order valence-electron chi connectivity index (χ0n) is 7.64. The van der Waals surface area contributed by atoms with Crippen LogP contribution in [0.4, 0.5) is 5.69 Å². The molecule has 0 radical (unpaired) electrons. The molecule has 4 nitrogen and oxygen atoms in total. The molecule has 0 spiro atoms. The first-order chi connectivity index (χ1) is 5.99. The van der Waals surface area contributed by atoms with Crippen LogP contribution in [-0.4, -0.2) is 18.1 Å². The summed E-state index contributed by atoms with van der Waals surface area (Å²) < 4.78 is 30.9. The van der Waals surface area contributed by atoms with Gasteiger partial charge in [0.2, 0.25) is 0 Å². The Bertz CT molecular complexity index is 394. The molecule has 7 heteroatoms. The van der Waals surface area contributed by atoms with Gasteiger partial charge in [-0.1, -0.05) is 12.1 Å². The van der Waals surface area contributed by atoms with E-state index >= 15 is 0 Å². The van der Waals surface area contributed by atoms with E-state index in [9.17, 15) is 13.0 Å². The summed E-state index contributed by atoms with van der Waals surface area (Å²) in [6.45, 7) is 0. The molecule has 2 N–H and O–H groups in total. The van der Waals surface area contributed by atoms with Gasteiger partial charge in [-0.25, -0.2) is 8.42 Å². The summed E-state index contributed by atoms with van der Waals surface area (Å²) in [5.74, 6) is 0. The number of nitrogen functional groups attached to an aromatic ring is 1. The Morgan fingerprint density at radius 3 is 2.43 bits per heavy atom. The normalized spacial score (nSPS) is 10.6. The van der Waals surface area contributed by atoms with E-state index in [1.54, 1.807) is 24.3 Å². The SMILES string of the molecule is Nc1ccccc1SCS(=O)(=O)[O-].[Na+]. The van der Waals surface area contributed by atoms with Crippen molar-refractivity contribution in [2.45, 2.75) is 4.90 Å². The molecule has 0 aliphatic carbocycles. The van der Waals surface area contributed by atoms with Crippen LogP contribution in [0.15, 0.2) is 29.2 Å². The first-order valence-electron chi connectivity index (χ1n) is 3.40. The molecule has 0 bridgehead atoms. The Morgan fingerprint density at radius 2 is 1.93 bits per heavy atom. The molecular weight excluding hydrogens is 233 g/mol. The van der Waals surface area contributed by atoms with Crippen molar-refractivity contribution >= 4 is 27.6 Å². The van der Waals surface area contributed by atoms with Crippen LogP contribution >= 0.6 is 11.8 Å². The second-order valence-electron chi connectivity index (χ2n) is 2.36. The number of anilines is 1. The Labute approximate surface area is 109 Å². The van der Waals surface area contributed by atoms with E-state index in [0.29, 0.717) is 10.6 Å². The van der Waals surface area contributed by atoms with Crippen molar-refractivity contribution in [1.82, 2.24) is 0 Å². The Hall–Kier alpha value is 0.280. The molecule has 0 saturated carbocycles. The average molecular weight is 241 g/mol. The molecule has 1 rings (SSSR count). The van der Waals surface area contributed by atoms with Crippen LogP contribution in [0, 0.1) is 0 Å². The van der Waals surface area contributed by atoms with Gasteiger partial charge < -0.3 is 10.3 Å². The van der Waals surface area contributed by atoms with E-state index in [1.165, 1.54) is 0 Å². The van der Waals surface area contributed by atoms with E-state index in [1.807, 2.05) is 0 Å². The van der Waals surface area contributed by atoms with Crippen LogP contribution in [0.5, 0.6) is 0 Å². The fourth-order valence-corrected chi connectivity index (χ4v) is 2.24. The van der Waals surface area contributed by atoms with E-state index in [4.69, 9.17) is 5.73 Å². The summed E-state index contributed by atoms with van der Waals surface area (Å²) in [7, 11) is -4.18. The second kappa shape index (κ2) is 5.99. The van der Waals surface area contributed by atoms with Crippen LogP contribution in [0.1, 0.15) is 0 Å².